The molecule has 2 N–H and O–H groups in total. The van der Waals surface area contributed by atoms with Crippen LogP contribution in [0, 0.1) is 0 Å². The summed E-state index contributed by atoms with van der Waals surface area (Å²) in [7, 11) is -0.978. The molecule has 0 aliphatic heterocycles. The van der Waals surface area contributed by atoms with Crippen molar-refractivity contribution >= 4 is 33.8 Å². The number of carbonyl (C=O) groups excluding carboxylic acids is 2. The third-order valence-corrected chi connectivity index (χ3v) is 5.53. The maximum atomic E-state index is 13.4. The Kier molecular flexibility index (Phi) is 6.48. The van der Waals surface area contributed by atoms with E-state index in [0.717, 1.165) is 13.3 Å². The number of sulfonamides is 1. The topological polar surface area (TPSA) is 179 Å². The predicted octanol–water partition coefficient (Wildman–Crippen LogP) is 0.826. The number of hydrogen-bond acceptors (Lipinski definition) is 11. The van der Waals surface area contributed by atoms with Gasteiger partial charge >= 0.3 is 12.0 Å². The summed E-state index contributed by atoms with van der Waals surface area (Å²) >= 11 is 0. The average Bonchev–Trinajstić information content (AvgIpc) is 3.30. The Labute approximate surface area is 181 Å². The molecule has 0 aliphatic rings. The number of rotatable bonds is 7. The van der Waals surface area contributed by atoms with E-state index in [2.05, 4.69) is 35.2 Å². The van der Waals surface area contributed by atoms with Gasteiger partial charge in [0.15, 0.2) is 10.8 Å². The van der Waals surface area contributed by atoms with Crippen LogP contribution in [-0.2, 0) is 14.8 Å². The molecule has 168 valence electrons. The number of aromatic nitrogens is 5. The fourth-order valence-electron chi connectivity index (χ4n) is 2.44. The fourth-order valence-corrected chi connectivity index (χ4v) is 3.83. The number of nitrogens with one attached hydrogen (secondary N) is 2. The first kappa shape index (κ1) is 22.4. The number of urea groups is 1. The molecular weight excluding hydrogens is 446 g/mol. The van der Waals surface area contributed by atoms with Crippen molar-refractivity contribution in [2.45, 2.75) is 5.03 Å². The molecule has 0 fully saturated rings. The first-order chi connectivity index (χ1) is 15.3. The second-order valence-electron chi connectivity index (χ2n) is 5.77. The van der Waals surface area contributed by atoms with Crippen LogP contribution in [0.2, 0.25) is 0 Å². The molecule has 15 heteroatoms. The zero-order valence-electron chi connectivity index (χ0n) is 17.0. The third-order valence-electron chi connectivity index (χ3n) is 3.87. The van der Waals surface area contributed by atoms with E-state index < -0.39 is 32.6 Å². The number of amides is 2. The first-order valence-corrected chi connectivity index (χ1v) is 10.1. The van der Waals surface area contributed by atoms with Crippen molar-refractivity contribution in [1.82, 2.24) is 25.1 Å². The number of aromatic amines is 1. The minimum absolute atomic E-state index is 0.0564. The zero-order valence-corrected chi connectivity index (χ0v) is 17.8. The number of esters is 1. The minimum Gasteiger partial charge on any atom is -0.481 e. The summed E-state index contributed by atoms with van der Waals surface area (Å²) in [5.74, 6) is -1.44. The van der Waals surface area contributed by atoms with Crippen LogP contribution in [0.3, 0.4) is 0 Å². The quantitative estimate of drug-likeness (QED) is 0.474. The van der Waals surface area contributed by atoms with Crippen molar-refractivity contribution in [2.24, 2.45) is 0 Å². The zero-order chi connectivity index (χ0) is 23.3. The van der Waals surface area contributed by atoms with Gasteiger partial charge < -0.3 is 14.2 Å². The largest absolute Gasteiger partial charge is 0.481 e. The molecule has 0 atom stereocenters. The highest BCUT2D eigenvalue weighted by Crippen LogP contribution is 2.25. The summed E-state index contributed by atoms with van der Waals surface area (Å²) in [6.07, 6.45) is 2.24. The van der Waals surface area contributed by atoms with E-state index in [1.807, 2.05) is 0 Å². The van der Waals surface area contributed by atoms with Gasteiger partial charge in [-0.05, 0) is 12.1 Å². The van der Waals surface area contributed by atoms with Crippen molar-refractivity contribution < 1.29 is 32.2 Å². The standard InChI is InChI=1S/C17H17N7O7S/c1-29-12-8-13(30-2)21-16(20-12)22-17(26)24(11-6-4-5-7-18-11)32(27,28)14-10(9-19-23-14)15(25)31-3/h4-9H,1-3H3,(H,19,23)(H,20,21,22,26). The summed E-state index contributed by atoms with van der Waals surface area (Å²) < 4.78 is 41.7. The van der Waals surface area contributed by atoms with Gasteiger partial charge in [0, 0.05) is 6.20 Å². The van der Waals surface area contributed by atoms with E-state index in [-0.39, 0.29) is 23.5 Å². The summed E-state index contributed by atoms with van der Waals surface area (Å²) in [4.78, 5) is 36.9. The molecule has 14 nitrogen and oxygen atoms in total. The molecule has 3 aromatic heterocycles. The number of hydrogen-bond donors (Lipinski definition) is 2. The molecular formula is C17H17N7O7S. The molecule has 3 heterocycles. The number of ether oxygens (including phenoxy) is 3. The van der Waals surface area contributed by atoms with Gasteiger partial charge in [0.05, 0.1) is 33.6 Å². The third kappa shape index (κ3) is 4.41. The molecule has 2 amide bonds. The van der Waals surface area contributed by atoms with Gasteiger partial charge in [-0.3, -0.25) is 10.4 Å². The summed E-state index contributed by atoms with van der Waals surface area (Å²) in [5.41, 5.74) is -0.402. The van der Waals surface area contributed by atoms with Crippen molar-refractivity contribution in [3.8, 4) is 11.8 Å². The Morgan fingerprint density at radius 1 is 1.09 bits per heavy atom. The molecule has 0 aromatic carbocycles. The Morgan fingerprint density at radius 3 is 2.34 bits per heavy atom. The highest BCUT2D eigenvalue weighted by Gasteiger charge is 2.37. The lowest BCUT2D eigenvalue weighted by molar-refractivity contribution is 0.0596. The van der Waals surface area contributed by atoms with Crippen molar-refractivity contribution in [2.75, 3.05) is 31.0 Å². The van der Waals surface area contributed by atoms with Crippen molar-refractivity contribution in [1.29, 1.82) is 0 Å². The molecule has 0 bridgehead atoms. The van der Waals surface area contributed by atoms with E-state index in [9.17, 15) is 18.0 Å². The van der Waals surface area contributed by atoms with Gasteiger partial charge in [0.1, 0.15) is 5.56 Å². The second-order valence-corrected chi connectivity index (χ2v) is 7.49. The molecule has 0 saturated carbocycles. The molecule has 32 heavy (non-hydrogen) atoms. The lowest BCUT2D eigenvalue weighted by atomic mass is 10.4. The van der Waals surface area contributed by atoms with Crippen molar-refractivity contribution in [3.05, 3.63) is 42.2 Å². The number of H-pyrrole nitrogens is 1. The number of anilines is 2. The summed E-state index contributed by atoms with van der Waals surface area (Å²) in [5, 5.41) is 7.37. The molecule has 0 saturated heterocycles. The smallest absolute Gasteiger partial charge is 0.344 e. The minimum atomic E-state index is -4.73. The van der Waals surface area contributed by atoms with Crippen LogP contribution in [0.1, 0.15) is 10.4 Å². The number of methoxy groups -OCH3 is 3. The van der Waals surface area contributed by atoms with Gasteiger partial charge in [-0.1, -0.05) is 6.07 Å². The normalized spacial score (nSPS) is 10.8. The molecule has 3 aromatic rings. The lowest BCUT2D eigenvalue weighted by Crippen LogP contribution is -2.41. The molecule has 0 spiro atoms. The van der Waals surface area contributed by atoms with Crippen LogP contribution >= 0.6 is 0 Å². The lowest BCUT2D eigenvalue weighted by Gasteiger charge is -2.21. The van der Waals surface area contributed by atoms with Crippen LogP contribution in [-0.4, -0.2) is 66.9 Å². The van der Waals surface area contributed by atoms with E-state index in [1.165, 1.54) is 44.7 Å². The monoisotopic (exact) mass is 463 g/mol. The highest BCUT2D eigenvalue weighted by molar-refractivity contribution is 7.93. The number of pyridine rings is 1. The van der Waals surface area contributed by atoms with E-state index in [4.69, 9.17) is 9.47 Å². The number of carbonyl (C=O) groups is 2. The van der Waals surface area contributed by atoms with Crippen LogP contribution in [0.25, 0.3) is 0 Å². The molecule has 0 unspecified atom stereocenters. The van der Waals surface area contributed by atoms with Crippen LogP contribution in [0.5, 0.6) is 11.8 Å². The van der Waals surface area contributed by atoms with Gasteiger partial charge in [0.2, 0.25) is 17.7 Å². The maximum absolute atomic E-state index is 13.4. The highest BCUT2D eigenvalue weighted by atomic mass is 32.2. The molecule has 0 radical (unpaired) electrons. The summed E-state index contributed by atoms with van der Waals surface area (Å²) in [6, 6.07) is 4.42. The Morgan fingerprint density at radius 2 is 1.78 bits per heavy atom. The van der Waals surface area contributed by atoms with E-state index >= 15 is 0 Å². The van der Waals surface area contributed by atoms with Gasteiger partial charge in [-0.2, -0.15) is 27.8 Å². The molecule has 0 aliphatic carbocycles. The maximum Gasteiger partial charge on any atom is 0.344 e. The SMILES string of the molecule is COC(=O)c1cn[nH]c1S(=O)(=O)N(C(=O)Nc1nc(OC)cc(OC)n1)c1ccccn1. The van der Waals surface area contributed by atoms with Gasteiger partial charge in [-0.25, -0.2) is 14.6 Å². The Hall–Kier alpha value is -4.27. The fraction of sp³-hybridized carbons (Fsp3) is 0.176. The Bertz CT molecular complexity index is 1210. The van der Waals surface area contributed by atoms with E-state index in [0.29, 0.717) is 4.31 Å². The van der Waals surface area contributed by atoms with E-state index in [1.54, 1.807) is 0 Å². The second kappa shape index (κ2) is 9.25. The van der Waals surface area contributed by atoms with Gasteiger partial charge in [-0.15, -0.1) is 0 Å². The van der Waals surface area contributed by atoms with Crippen LogP contribution in [0.4, 0.5) is 16.6 Å². The Balaban J connectivity index is 2.08. The average molecular weight is 463 g/mol. The summed E-state index contributed by atoms with van der Waals surface area (Å²) in [6.45, 7) is 0. The first-order valence-electron chi connectivity index (χ1n) is 8.68. The van der Waals surface area contributed by atoms with Crippen LogP contribution < -0.4 is 19.1 Å². The number of nitrogens with zero attached hydrogens (tertiary/aromatic N) is 5. The molecule has 3 rings (SSSR count). The predicted molar refractivity (Wildman–Crippen MR) is 108 cm³/mol. The van der Waals surface area contributed by atoms with Crippen LogP contribution in [0.15, 0.2) is 41.7 Å². The van der Waals surface area contributed by atoms with Crippen molar-refractivity contribution in [3.63, 3.8) is 0 Å². The van der Waals surface area contributed by atoms with Gasteiger partial charge in [0.25, 0.3) is 10.0 Å².